The molecule has 0 aromatic heterocycles. The lowest BCUT2D eigenvalue weighted by Crippen LogP contribution is -2.49. The highest BCUT2D eigenvalue weighted by Gasteiger charge is 2.49. The molecule has 31 heavy (non-hydrogen) atoms. The molecule has 14 heteroatoms. The van der Waals surface area contributed by atoms with Gasteiger partial charge in [-0.1, -0.05) is 5.11 Å². The maximum atomic E-state index is 12.6. The molecule has 0 aromatic rings. The minimum Gasteiger partial charge on any atom is -0.756 e. The number of phosphoric acid groups is 1. The maximum absolute atomic E-state index is 12.6. The van der Waals surface area contributed by atoms with E-state index in [2.05, 4.69) is 10.0 Å². The third kappa shape index (κ3) is 8.03. The van der Waals surface area contributed by atoms with Crippen molar-refractivity contribution in [3.05, 3.63) is 10.4 Å². The van der Waals surface area contributed by atoms with Crippen molar-refractivity contribution >= 4 is 23.5 Å². The second-order valence-corrected chi connectivity index (χ2v) is 9.58. The van der Waals surface area contributed by atoms with Gasteiger partial charge in [-0.05, 0) is 46.1 Å². The van der Waals surface area contributed by atoms with Crippen molar-refractivity contribution in [2.45, 2.75) is 88.7 Å². The van der Waals surface area contributed by atoms with Crippen LogP contribution in [0.15, 0.2) is 5.11 Å². The molecule has 11 nitrogen and oxygen atoms in total. The van der Waals surface area contributed by atoms with Crippen molar-refractivity contribution in [1.29, 1.82) is 0 Å². The molecular weight excluding hydrogens is 427 g/mol. The summed E-state index contributed by atoms with van der Waals surface area (Å²) in [4.78, 5) is 15.3. The van der Waals surface area contributed by atoms with E-state index in [0.29, 0.717) is 6.42 Å². The van der Waals surface area contributed by atoms with Gasteiger partial charge in [0.2, 0.25) is 0 Å². The van der Waals surface area contributed by atoms with Gasteiger partial charge in [-0.15, -0.1) is 0 Å². The maximum Gasteiger partial charge on any atom is 0.268 e. The molecule has 0 bridgehead atoms. The predicted molar refractivity (Wildman–Crippen MR) is 111 cm³/mol. The Bertz CT molecular complexity index is 684. The number of ether oxygens (including phenoxy) is 4. The first-order chi connectivity index (χ1) is 14.5. The molecule has 0 N–H and O–H groups in total. The van der Waals surface area contributed by atoms with Gasteiger partial charge in [0.1, 0.15) is 27.4 Å². The molecule has 0 amide bonds. The second-order valence-electron chi connectivity index (χ2n) is 8.21. The van der Waals surface area contributed by atoms with E-state index in [1.807, 2.05) is 13.8 Å². The van der Waals surface area contributed by atoms with Gasteiger partial charge in [-0.25, -0.2) is 0 Å². The number of hydrogen-bond donors (Lipinski definition) is 0. The van der Waals surface area contributed by atoms with Gasteiger partial charge in [0.05, 0.1) is 44.2 Å². The summed E-state index contributed by atoms with van der Waals surface area (Å²) < 4.78 is 45.5. The van der Waals surface area contributed by atoms with Gasteiger partial charge in [0, 0.05) is 16.9 Å². The first-order valence-corrected chi connectivity index (χ1v) is 11.7. The largest absolute Gasteiger partial charge is 0.756 e. The fourth-order valence-electron chi connectivity index (χ4n) is 3.50. The highest BCUT2D eigenvalue weighted by molar-refractivity contribution is 7.45. The summed E-state index contributed by atoms with van der Waals surface area (Å²) in [6, 6.07) is -1.40. The molecule has 0 aromatic carbocycles. The predicted octanol–water partition coefficient (Wildman–Crippen LogP) is 1.32. The van der Waals surface area contributed by atoms with Crippen molar-refractivity contribution in [2.75, 3.05) is 19.8 Å². The molecule has 0 aliphatic carbocycles. The molecule has 0 spiro atoms. The average Bonchev–Trinajstić information content (AvgIpc) is 3.15. The molecule has 0 saturated carbocycles. The van der Waals surface area contributed by atoms with Crippen LogP contribution in [0.25, 0.3) is 10.4 Å². The fraction of sp³-hybridized carbons (Fsp3) is 1.00. The van der Waals surface area contributed by atoms with Gasteiger partial charge in [0.25, 0.3) is 7.82 Å². The topological polar surface area (TPSA) is 144 Å². The van der Waals surface area contributed by atoms with E-state index in [1.54, 1.807) is 13.8 Å². The van der Waals surface area contributed by atoms with Crippen LogP contribution in [-0.2, 0) is 32.6 Å². The molecule has 2 heterocycles. The van der Waals surface area contributed by atoms with Crippen LogP contribution >= 0.6 is 7.82 Å². The molecular formula is C17H29B2N3O8P-. The molecule has 172 valence electrons. The van der Waals surface area contributed by atoms with Gasteiger partial charge < -0.3 is 32.9 Å². The van der Waals surface area contributed by atoms with Crippen LogP contribution in [0.4, 0.5) is 0 Å². The Balaban J connectivity index is 2.06. The van der Waals surface area contributed by atoms with Crippen LogP contribution in [0.1, 0.15) is 40.5 Å². The Kier molecular flexibility index (Phi) is 9.88. The van der Waals surface area contributed by atoms with Gasteiger partial charge in [-0.2, -0.15) is 0 Å². The minimum absolute atomic E-state index is 0.0435. The Morgan fingerprint density at radius 3 is 2.58 bits per heavy atom. The monoisotopic (exact) mass is 456 g/mol. The van der Waals surface area contributed by atoms with E-state index < -0.39 is 43.7 Å². The molecule has 7 unspecified atom stereocenters. The molecule has 7 atom stereocenters. The summed E-state index contributed by atoms with van der Waals surface area (Å²) >= 11 is 0. The molecule has 2 rings (SSSR count). The minimum atomic E-state index is -4.81. The summed E-state index contributed by atoms with van der Waals surface area (Å²) in [5.41, 5.74) is 7.36. The quantitative estimate of drug-likeness (QED) is 0.141. The van der Waals surface area contributed by atoms with E-state index in [1.165, 1.54) is 0 Å². The summed E-state index contributed by atoms with van der Waals surface area (Å²) in [6.07, 6.45) is -1.93. The van der Waals surface area contributed by atoms with Crippen LogP contribution in [0.2, 0.25) is 0 Å². The Morgan fingerprint density at radius 2 is 1.97 bits per heavy atom. The Hall–Kier alpha value is -0.610. The van der Waals surface area contributed by atoms with Crippen molar-refractivity contribution in [3.63, 3.8) is 0 Å². The van der Waals surface area contributed by atoms with Crippen molar-refractivity contribution in [3.8, 4) is 0 Å². The van der Waals surface area contributed by atoms with Crippen molar-refractivity contribution < 1.29 is 37.5 Å². The molecule has 4 radical (unpaired) electrons. The first kappa shape index (κ1) is 26.6. The van der Waals surface area contributed by atoms with Crippen LogP contribution in [0, 0.1) is 0 Å². The summed E-state index contributed by atoms with van der Waals surface area (Å²) in [7, 11) is 6.86. The average molecular weight is 456 g/mol. The highest BCUT2D eigenvalue weighted by atomic mass is 31.2. The van der Waals surface area contributed by atoms with Crippen LogP contribution in [0.3, 0.4) is 0 Å². The number of phosphoric ester groups is 1. The third-order valence-corrected chi connectivity index (χ3v) is 5.79. The third-order valence-electron chi connectivity index (χ3n) is 4.81. The smallest absolute Gasteiger partial charge is 0.268 e. The lowest BCUT2D eigenvalue weighted by Gasteiger charge is -2.37. The Morgan fingerprint density at radius 1 is 1.26 bits per heavy atom. The van der Waals surface area contributed by atoms with E-state index in [0.717, 1.165) is 0 Å². The molecule has 2 saturated heterocycles. The number of azide groups is 1. The summed E-state index contributed by atoms with van der Waals surface area (Å²) in [6.45, 7) is 6.69. The van der Waals surface area contributed by atoms with E-state index in [9.17, 15) is 9.46 Å². The highest BCUT2D eigenvalue weighted by Crippen LogP contribution is 2.47. The van der Waals surface area contributed by atoms with E-state index in [-0.39, 0.29) is 38.4 Å². The second kappa shape index (κ2) is 11.5. The lowest BCUT2D eigenvalue weighted by atomic mass is 9.92. The zero-order valence-electron chi connectivity index (χ0n) is 18.3. The molecule has 2 aliphatic heterocycles. The van der Waals surface area contributed by atoms with Gasteiger partial charge >= 0.3 is 0 Å². The van der Waals surface area contributed by atoms with Crippen LogP contribution in [-0.4, -0.2) is 83.6 Å². The van der Waals surface area contributed by atoms with Gasteiger partial charge in [-0.3, -0.25) is 4.57 Å². The number of nitrogens with zero attached hydrogens (tertiary/aromatic N) is 3. The fourth-order valence-corrected chi connectivity index (χ4v) is 4.48. The number of rotatable bonds is 12. The standard InChI is InChI=1S/C17H30B2N3O8P/c1-10(2)25-9-17(8-21-22-20)14(6-16(19)29-17)30-31(23,24)26-7-13-12(27-11(3)4)5-15(18)28-13/h10-16H,5-9H2,1-4H3,(H,23,24)/p-1. The SMILES string of the molecule is [B]C1CC(OC(C)C)C(COP(=O)([O-])OC2CC([B])OC2(CN=[N+]=[N-])COC(C)C)O1. The van der Waals surface area contributed by atoms with E-state index >= 15 is 0 Å². The Labute approximate surface area is 185 Å². The van der Waals surface area contributed by atoms with Crippen LogP contribution in [0.5, 0.6) is 0 Å². The summed E-state index contributed by atoms with van der Waals surface area (Å²) in [5.74, 6) is 0. The zero-order valence-corrected chi connectivity index (χ0v) is 19.2. The van der Waals surface area contributed by atoms with Crippen LogP contribution < -0.4 is 4.89 Å². The first-order valence-electron chi connectivity index (χ1n) is 10.2. The zero-order chi connectivity index (χ0) is 23.2. The summed E-state index contributed by atoms with van der Waals surface area (Å²) in [5, 5.41) is 3.53. The van der Waals surface area contributed by atoms with Gasteiger partial charge in [0.15, 0.2) is 0 Å². The molecule has 2 aliphatic rings. The van der Waals surface area contributed by atoms with Crippen molar-refractivity contribution in [1.82, 2.24) is 0 Å². The number of hydrogen-bond acceptors (Lipinski definition) is 9. The van der Waals surface area contributed by atoms with E-state index in [4.69, 9.17) is 49.2 Å². The lowest BCUT2D eigenvalue weighted by molar-refractivity contribution is -0.238. The van der Waals surface area contributed by atoms with Crippen molar-refractivity contribution in [2.24, 2.45) is 5.11 Å². The molecule has 2 fully saturated rings. The normalized spacial score (nSPS) is 35.4.